The lowest BCUT2D eigenvalue weighted by molar-refractivity contribution is -0.280. The second-order valence-corrected chi connectivity index (χ2v) is 15.1. The van der Waals surface area contributed by atoms with Crippen LogP contribution >= 0.6 is 0 Å². The van der Waals surface area contributed by atoms with E-state index in [1.165, 1.54) is 5.57 Å². The number of fused-ring (bicyclic) bond motifs is 7. The monoisotopic (exact) mass is 518 g/mol. The van der Waals surface area contributed by atoms with Crippen molar-refractivity contribution in [2.24, 2.45) is 56.7 Å². The summed E-state index contributed by atoms with van der Waals surface area (Å²) >= 11 is 0. The third-order valence-corrected chi connectivity index (χ3v) is 13.6. The van der Waals surface area contributed by atoms with Gasteiger partial charge in [0.25, 0.3) is 0 Å². The fourth-order valence-corrected chi connectivity index (χ4v) is 11.2. The van der Waals surface area contributed by atoms with Crippen LogP contribution in [0.4, 0.5) is 0 Å². The van der Waals surface area contributed by atoms with Crippen LogP contribution in [0.25, 0.3) is 0 Å². The Morgan fingerprint density at radius 2 is 1.68 bits per heavy atom. The Morgan fingerprint density at radius 3 is 2.27 bits per heavy atom. The number of hydrogen-bond donors (Lipinski definition) is 4. The summed E-state index contributed by atoms with van der Waals surface area (Å²) in [7, 11) is 1.73. The van der Waals surface area contributed by atoms with Gasteiger partial charge in [0.1, 0.15) is 0 Å². The van der Waals surface area contributed by atoms with E-state index in [0.29, 0.717) is 31.6 Å². The molecule has 0 aromatic heterocycles. The van der Waals surface area contributed by atoms with Crippen LogP contribution < -0.4 is 0 Å². The summed E-state index contributed by atoms with van der Waals surface area (Å²) in [4.78, 5) is 12.9. The number of methoxy groups -OCH3 is 1. The molecule has 6 heteroatoms. The Hall–Kier alpha value is -0.950. The summed E-state index contributed by atoms with van der Waals surface area (Å²) in [5.41, 5.74) is -1.46. The number of carbonyl (C=O) groups is 1. The van der Waals surface area contributed by atoms with Crippen LogP contribution in [0.1, 0.15) is 87.0 Å². The summed E-state index contributed by atoms with van der Waals surface area (Å²) in [6, 6.07) is 0. The molecular weight excluding hydrogens is 468 g/mol. The van der Waals surface area contributed by atoms with Crippen LogP contribution in [0.5, 0.6) is 0 Å². The van der Waals surface area contributed by atoms with Gasteiger partial charge in [0.15, 0.2) is 0 Å². The minimum absolute atomic E-state index is 0.0120. The van der Waals surface area contributed by atoms with Crippen LogP contribution in [-0.4, -0.2) is 57.9 Å². The molecule has 5 aliphatic rings. The molecule has 210 valence electrons. The highest BCUT2D eigenvalue weighted by atomic mass is 16.5. The third kappa shape index (κ3) is 3.16. The van der Waals surface area contributed by atoms with E-state index in [2.05, 4.69) is 40.7 Å². The zero-order chi connectivity index (χ0) is 27.5. The molecule has 0 saturated heterocycles. The van der Waals surface area contributed by atoms with E-state index in [1.54, 1.807) is 7.11 Å². The topological polar surface area (TPSA) is 107 Å². The maximum atomic E-state index is 12.9. The molecule has 37 heavy (non-hydrogen) atoms. The number of ether oxygens (including phenoxy) is 1. The van der Waals surface area contributed by atoms with Crippen molar-refractivity contribution >= 4 is 5.97 Å². The molecule has 6 nitrogen and oxygen atoms in total. The third-order valence-electron chi connectivity index (χ3n) is 13.6. The summed E-state index contributed by atoms with van der Waals surface area (Å²) in [6.07, 6.45) is 3.64. The van der Waals surface area contributed by atoms with Gasteiger partial charge < -0.3 is 25.2 Å². The molecule has 0 bridgehead atoms. The first-order valence-corrected chi connectivity index (χ1v) is 14.6. The number of aliphatic carboxylic acids is 1. The van der Waals surface area contributed by atoms with Crippen LogP contribution in [0, 0.1) is 56.7 Å². The summed E-state index contributed by atoms with van der Waals surface area (Å²) < 4.78 is 6.27. The van der Waals surface area contributed by atoms with Crippen molar-refractivity contribution in [3.63, 3.8) is 0 Å². The molecule has 0 amide bonds. The van der Waals surface area contributed by atoms with E-state index in [4.69, 9.17) is 4.74 Å². The lowest BCUT2D eigenvalue weighted by Crippen LogP contribution is -2.73. The van der Waals surface area contributed by atoms with Crippen LogP contribution in [-0.2, 0) is 9.53 Å². The molecule has 0 aromatic carbocycles. The van der Waals surface area contributed by atoms with Gasteiger partial charge >= 0.3 is 5.97 Å². The summed E-state index contributed by atoms with van der Waals surface area (Å²) in [5, 5.41) is 44.9. The van der Waals surface area contributed by atoms with E-state index in [-0.39, 0.29) is 40.6 Å². The zero-order valence-electron chi connectivity index (χ0n) is 24.1. The minimum atomic E-state index is -0.844. The summed E-state index contributed by atoms with van der Waals surface area (Å²) in [6.45, 7) is 15.3. The number of aliphatic hydroxyl groups excluding tert-OH is 3. The van der Waals surface area contributed by atoms with Gasteiger partial charge in [0, 0.05) is 18.4 Å². The highest BCUT2D eigenvalue weighted by Gasteiger charge is 2.74. The molecule has 0 unspecified atom stereocenters. The van der Waals surface area contributed by atoms with E-state index in [9.17, 15) is 25.2 Å². The Morgan fingerprint density at radius 1 is 1.03 bits per heavy atom. The smallest absolute Gasteiger partial charge is 0.310 e. The molecule has 0 spiro atoms. The first kappa shape index (κ1) is 27.6. The highest BCUT2D eigenvalue weighted by molar-refractivity contribution is 5.76. The Bertz CT molecular complexity index is 990. The standard InChI is InChI=1S/C31H50O6/c1-16-9-10-31(26(35)36)12-11-29(6)18(23(31)17(16)2)13-20(37-8)24-28(5)15-19(32)25(34)27(3,4)21(28)14-22(33)30(24,29)7/h13,16-17,19-25,32-34H,9-12,14-15H2,1-8H3,(H,35,36)/t16-,17+,19-,20-,21-,22+,23+,24+,25+,28+,29-,30-,31+/m1/s1. The minimum Gasteiger partial charge on any atom is -0.481 e. The largest absolute Gasteiger partial charge is 0.481 e. The van der Waals surface area contributed by atoms with Crippen molar-refractivity contribution < 1.29 is 30.0 Å². The average molecular weight is 519 g/mol. The molecule has 4 N–H and O–H groups in total. The fraction of sp³-hybridized carbons (Fsp3) is 0.903. The van der Waals surface area contributed by atoms with Gasteiger partial charge in [-0.15, -0.1) is 0 Å². The number of aliphatic hydroxyl groups is 3. The SMILES string of the molecule is CO[C@@H]1C=C2[C@@H]3[C@@H](C)[C@H](C)CC[C@]3(C(=O)O)CC[C@@]2(C)[C@]2(C)[C@@H](O)C[C@@H]3C(C)(C)[C@@H](O)[C@H](O)C[C@]3(C)[C@H]12. The van der Waals surface area contributed by atoms with Gasteiger partial charge in [-0.25, -0.2) is 0 Å². The Kier molecular flexibility index (Phi) is 6.18. The zero-order valence-corrected chi connectivity index (χ0v) is 24.1. The second-order valence-electron chi connectivity index (χ2n) is 15.1. The number of allylic oxidation sites excluding steroid dienone is 1. The molecule has 0 aromatic rings. The lowest BCUT2D eigenvalue weighted by Gasteiger charge is -2.73. The van der Waals surface area contributed by atoms with Gasteiger partial charge in [-0.05, 0) is 78.4 Å². The molecule has 4 saturated carbocycles. The molecule has 4 fully saturated rings. The molecule has 13 atom stereocenters. The van der Waals surface area contributed by atoms with Crippen molar-refractivity contribution in [1.82, 2.24) is 0 Å². The first-order chi connectivity index (χ1) is 17.0. The van der Waals surface area contributed by atoms with Crippen molar-refractivity contribution in [3.05, 3.63) is 11.6 Å². The van der Waals surface area contributed by atoms with Crippen molar-refractivity contribution in [2.75, 3.05) is 7.11 Å². The van der Waals surface area contributed by atoms with Crippen LogP contribution in [0.2, 0.25) is 0 Å². The predicted molar refractivity (Wildman–Crippen MR) is 142 cm³/mol. The molecule has 0 radical (unpaired) electrons. The van der Waals surface area contributed by atoms with E-state index in [1.807, 2.05) is 13.8 Å². The fourth-order valence-electron chi connectivity index (χ4n) is 11.2. The van der Waals surface area contributed by atoms with Crippen molar-refractivity contribution in [3.8, 4) is 0 Å². The lowest BCUT2D eigenvalue weighted by atomic mass is 9.32. The number of carboxylic acids is 1. The molecule has 5 rings (SSSR count). The molecule has 5 aliphatic carbocycles. The molecular formula is C31H50O6. The van der Waals surface area contributed by atoms with Crippen LogP contribution in [0.3, 0.4) is 0 Å². The molecule has 0 aliphatic heterocycles. The van der Waals surface area contributed by atoms with E-state index < -0.39 is 40.5 Å². The van der Waals surface area contributed by atoms with Gasteiger partial charge in [-0.2, -0.15) is 0 Å². The van der Waals surface area contributed by atoms with Gasteiger partial charge in [-0.3, -0.25) is 4.79 Å². The summed E-state index contributed by atoms with van der Waals surface area (Å²) in [5.74, 6) is -0.177. The van der Waals surface area contributed by atoms with Gasteiger partial charge in [0.05, 0.1) is 29.8 Å². The maximum Gasteiger partial charge on any atom is 0.310 e. The van der Waals surface area contributed by atoms with Crippen LogP contribution in [0.15, 0.2) is 11.6 Å². The molecule has 0 heterocycles. The first-order valence-electron chi connectivity index (χ1n) is 14.6. The quantitative estimate of drug-likeness (QED) is 0.396. The maximum absolute atomic E-state index is 12.9. The van der Waals surface area contributed by atoms with Crippen molar-refractivity contribution in [2.45, 2.75) is 111 Å². The Balaban J connectivity index is 1.73. The highest BCUT2D eigenvalue weighted by Crippen LogP contribution is 2.76. The van der Waals surface area contributed by atoms with Crippen molar-refractivity contribution in [1.29, 1.82) is 0 Å². The van der Waals surface area contributed by atoms with E-state index >= 15 is 0 Å². The predicted octanol–water partition coefficient (Wildman–Crippen LogP) is 4.66. The average Bonchev–Trinajstić information content (AvgIpc) is 2.82. The second kappa shape index (κ2) is 8.28. The van der Waals surface area contributed by atoms with Gasteiger partial charge in [-0.1, -0.05) is 60.1 Å². The number of carboxylic acid groups (broad SMARTS) is 1. The van der Waals surface area contributed by atoms with Gasteiger partial charge in [0.2, 0.25) is 0 Å². The normalized spacial score (nSPS) is 56.7. The Labute approximate surface area is 222 Å². The number of rotatable bonds is 2. The van der Waals surface area contributed by atoms with E-state index in [0.717, 1.165) is 12.8 Å². The number of hydrogen-bond acceptors (Lipinski definition) is 5.